The van der Waals surface area contributed by atoms with Gasteiger partial charge in [-0.15, -0.1) is 0 Å². The summed E-state index contributed by atoms with van der Waals surface area (Å²) >= 11 is 5.77. The normalized spacial score (nSPS) is 10.6. The highest BCUT2D eigenvalue weighted by atomic mass is 35.5. The highest BCUT2D eigenvalue weighted by molar-refractivity contribution is 6.30. The minimum atomic E-state index is -0.505. The van der Waals surface area contributed by atoms with Crippen LogP contribution in [0.2, 0.25) is 5.02 Å². The largest absolute Gasteiger partial charge is 0.482 e. The quantitative estimate of drug-likeness (QED) is 0.541. The van der Waals surface area contributed by atoms with Crippen LogP contribution in [0.25, 0.3) is 11.1 Å². The van der Waals surface area contributed by atoms with Crippen LogP contribution in [-0.2, 0) is 4.79 Å². The van der Waals surface area contributed by atoms with Gasteiger partial charge in [0, 0.05) is 18.0 Å². The third-order valence-electron chi connectivity index (χ3n) is 2.87. The lowest BCUT2D eigenvalue weighted by Gasteiger charge is -2.06. The van der Waals surface area contributed by atoms with Crippen LogP contribution in [0.5, 0.6) is 11.5 Å². The van der Waals surface area contributed by atoms with Gasteiger partial charge in [-0.25, -0.2) is 9.78 Å². The predicted molar refractivity (Wildman–Crippen MR) is 81.3 cm³/mol. The number of oxazole rings is 1. The first-order valence-corrected chi connectivity index (χ1v) is 6.94. The van der Waals surface area contributed by atoms with E-state index in [2.05, 4.69) is 4.98 Å². The summed E-state index contributed by atoms with van der Waals surface area (Å²) in [5.41, 5.74) is 1.29. The molecule has 0 atom stereocenters. The fourth-order valence-corrected chi connectivity index (χ4v) is 2.05. The molecule has 0 aliphatic rings. The van der Waals surface area contributed by atoms with Crippen LogP contribution < -0.4 is 9.47 Å². The molecule has 3 aromatic rings. The van der Waals surface area contributed by atoms with Gasteiger partial charge in [0.25, 0.3) is 0 Å². The van der Waals surface area contributed by atoms with E-state index >= 15 is 0 Å². The van der Waals surface area contributed by atoms with Gasteiger partial charge < -0.3 is 13.9 Å². The number of benzene rings is 2. The Kier molecular flexibility index (Phi) is 3.98. The van der Waals surface area contributed by atoms with Gasteiger partial charge in [0.15, 0.2) is 18.1 Å². The number of aromatic nitrogens is 1. The Balaban J connectivity index is 1.61. The Morgan fingerprint density at radius 2 is 1.91 bits per heavy atom. The zero-order valence-corrected chi connectivity index (χ0v) is 12.5. The van der Waals surface area contributed by atoms with Crippen LogP contribution in [0.15, 0.2) is 46.9 Å². The van der Waals surface area contributed by atoms with Gasteiger partial charge in [0.2, 0.25) is 0 Å². The molecule has 0 spiro atoms. The highest BCUT2D eigenvalue weighted by Crippen LogP contribution is 2.21. The molecule has 3 rings (SSSR count). The molecule has 0 aliphatic carbocycles. The van der Waals surface area contributed by atoms with E-state index in [0.717, 1.165) is 0 Å². The summed E-state index contributed by atoms with van der Waals surface area (Å²) in [6, 6.07) is 11.7. The van der Waals surface area contributed by atoms with Crippen molar-refractivity contribution in [1.82, 2.24) is 4.98 Å². The number of carbonyl (C=O) groups is 1. The van der Waals surface area contributed by atoms with Crippen LogP contribution in [0.3, 0.4) is 0 Å². The molecule has 0 radical (unpaired) electrons. The lowest BCUT2D eigenvalue weighted by Crippen LogP contribution is -2.17. The molecule has 2 aromatic carbocycles. The van der Waals surface area contributed by atoms with Gasteiger partial charge in [-0.1, -0.05) is 11.6 Å². The third kappa shape index (κ3) is 3.38. The number of aryl methyl sites for hydroxylation is 1. The molecule has 0 bridgehead atoms. The molecule has 6 heteroatoms. The van der Waals surface area contributed by atoms with Crippen LogP contribution in [0.1, 0.15) is 5.89 Å². The number of hydrogen-bond acceptors (Lipinski definition) is 5. The molecule has 0 unspecified atom stereocenters. The van der Waals surface area contributed by atoms with Crippen molar-refractivity contribution in [1.29, 1.82) is 0 Å². The second kappa shape index (κ2) is 6.07. The van der Waals surface area contributed by atoms with E-state index in [0.29, 0.717) is 33.5 Å². The minimum Gasteiger partial charge on any atom is -0.482 e. The van der Waals surface area contributed by atoms with Gasteiger partial charge in [-0.2, -0.15) is 0 Å². The maximum atomic E-state index is 11.8. The van der Waals surface area contributed by atoms with E-state index in [1.807, 2.05) is 0 Å². The summed E-state index contributed by atoms with van der Waals surface area (Å²) in [5.74, 6) is 0.994. The molecule has 1 heterocycles. The van der Waals surface area contributed by atoms with E-state index in [1.54, 1.807) is 49.4 Å². The Morgan fingerprint density at radius 3 is 2.68 bits per heavy atom. The first-order valence-electron chi connectivity index (χ1n) is 6.56. The number of esters is 1. The van der Waals surface area contributed by atoms with E-state index in [-0.39, 0.29) is 6.61 Å². The van der Waals surface area contributed by atoms with Crippen molar-refractivity contribution in [3.8, 4) is 11.5 Å². The first kappa shape index (κ1) is 14.4. The van der Waals surface area contributed by atoms with Gasteiger partial charge in [0.1, 0.15) is 17.0 Å². The molecule has 5 nitrogen and oxygen atoms in total. The maximum Gasteiger partial charge on any atom is 0.349 e. The molecule has 22 heavy (non-hydrogen) atoms. The van der Waals surface area contributed by atoms with Gasteiger partial charge in [-0.05, 0) is 36.4 Å². The van der Waals surface area contributed by atoms with E-state index < -0.39 is 5.97 Å². The Labute approximate surface area is 131 Å². The highest BCUT2D eigenvalue weighted by Gasteiger charge is 2.09. The number of hydrogen-bond donors (Lipinski definition) is 0. The number of carbonyl (C=O) groups excluding carboxylic acids is 1. The topological polar surface area (TPSA) is 61.6 Å². The van der Waals surface area contributed by atoms with Crippen molar-refractivity contribution in [2.75, 3.05) is 6.61 Å². The summed E-state index contributed by atoms with van der Waals surface area (Å²) in [7, 11) is 0. The van der Waals surface area contributed by atoms with Gasteiger partial charge in [-0.3, -0.25) is 0 Å². The molecular weight excluding hydrogens is 306 g/mol. The van der Waals surface area contributed by atoms with Crippen LogP contribution in [-0.4, -0.2) is 17.6 Å². The number of rotatable bonds is 4. The summed E-state index contributed by atoms with van der Waals surface area (Å²) in [4.78, 5) is 16.0. The third-order valence-corrected chi connectivity index (χ3v) is 3.12. The van der Waals surface area contributed by atoms with Crippen LogP contribution in [0.4, 0.5) is 0 Å². The number of halogens is 1. The van der Waals surface area contributed by atoms with Crippen LogP contribution >= 0.6 is 11.6 Å². The van der Waals surface area contributed by atoms with E-state index in [1.165, 1.54) is 0 Å². The smallest absolute Gasteiger partial charge is 0.349 e. The molecule has 112 valence electrons. The van der Waals surface area contributed by atoms with Crippen molar-refractivity contribution in [3.05, 3.63) is 53.4 Å². The summed E-state index contributed by atoms with van der Waals surface area (Å²) in [6.45, 7) is 1.56. The summed E-state index contributed by atoms with van der Waals surface area (Å²) in [6.07, 6.45) is 0. The van der Waals surface area contributed by atoms with E-state index in [9.17, 15) is 4.79 Å². The predicted octanol–water partition coefficient (Wildman–Crippen LogP) is 3.77. The SMILES string of the molecule is Cc1nc2cc(OC(=O)COc3ccc(Cl)cc3)ccc2o1. The van der Waals surface area contributed by atoms with Crippen LogP contribution in [0, 0.1) is 6.92 Å². The zero-order chi connectivity index (χ0) is 15.5. The van der Waals surface area contributed by atoms with E-state index in [4.69, 9.17) is 25.5 Å². The summed E-state index contributed by atoms with van der Waals surface area (Å²) in [5, 5.41) is 0.603. The first-order chi connectivity index (χ1) is 10.6. The average Bonchev–Trinajstić information content (AvgIpc) is 2.86. The van der Waals surface area contributed by atoms with Crippen molar-refractivity contribution in [2.24, 2.45) is 0 Å². The lowest BCUT2D eigenvalue weighted by atomic mass is 10.3. The molecule has 0 saturated carbocycles. The number of nitrogens with zero attached hydrogens (tertiary/aromatic N) is 1. The molecule has 0 N–H and O–H groups in total. The molecule has 0 fully saturated rings. The zero-order valence-electron chi connectivity index (χ0n) is 11.7. The minimum absolute atomic E-state index is 0.197. The van der Waals surface area contributed by atoms with Gasteiger partial charge >= 0.3 is 5.97 Å². The van der Waals surface area contributed by atoms with Crippen molar-refractivity contribution < 1.29 is 18.7 Å². The van der Waals surface area contributed by atoms with Crippen molar-refractivity contribution in [2.45, 2.75) is 6.92 Å². The fourth-order valence-electron chi connectivity index (χ4n) is 1.92. The molecule has 0 saturated heterocycles. The monoisotopic (exact) mass is 317 g/mol. The lowest BCUT2D eigenvalue weighted by molar-refractivity contribution is -0.136. The molecule has 0 amide bonds. The Bertz CT molecular complexity index is 811. The average molecular weight is 318 g/mol. The summed E-state index contributed by atoms with van der Waals surface area (Å²) < 4.78 is 15.9. The molecular formula is C16H12ClNO4. The second-order valence-electron chi connectivity index (χ2n) is 4.58. The number of ether oxygens (including phenoxy) is 2. The molecule has 1 aromatic heterocycles. The molecule has 0 aliphatic heterocycles. The Morgan fingerprint density at radius 1 is 1.18 bits per heavy atom. The van der Waals surface area contributed by atoms with Crippen molar-refractivity contribution in [3.63, 3.8) is 0 Å². The van der Waals surface area contributed by atoms with Gasteiger partial charge in [0.05, 0.1) is 0 Å². The fraction of sp³-hybridized carbons (Fsp3) is 0.125. The second-order valence-corrected chi connectivity index (χ2v) is 5.02. The number of fused-ring (bicyclic) bond motifs is 1. The van der Waals surface area contributed by atoms with Crippen molar-refractivity contribution >= 4 is 28.7 Å². The Hall–Kier alpha value is -2.53. The maximum absolute atomic E-state index is 11.8. The standard InChI is InChI=1S/C16H12ClNO4/c1-10-18-14-8-13(6-7-15(14)21-10)22-16(19)9-20-12-4-2-11(17)3-5-12/h2-8H,9H2,1H3.